The molecule has 126 valence electrons. The molecule has 0 bridgehead atoms. The van der Waals surface area contributed by atoms with Gasteiger partial charge in [-0.25, -0.2) is 4.79 Å². The second-order valence-corrected chi connectivity index (χ2v) is 6.46. The van der Waals surface area contributed by atoms with Crippen molar-refractivity contribution in [2.45, 2.75) is 4.90 Å². The van der Waals surface area contributed by atoms with Gasteiger partial charge in [-0.3, -0.25) is 4.79 Å². The van der Waals surface area contributed by atoms with Gasteiger partial charge in [0, 0.05) is 16.3 Å². The molecule has 0 saturated heterocycles. The van der Waals surface area contributed by atoms with E-state index in [2.05, 4.69) is 34.9 Å². The number of rotatable bonds is 5. The monoisotopic (exact) mass is 351 g/mol. The highest BCUT2D eigenvalue weighted by Gasteiger charge is 2.05. The van der Waals surface area contributed by atoms with E-state index in [-0.39, 0.29) is 5.91 Å². The second-order valence-electron chi connectivity index (χ2n) is 5.41. The minimum Gasteiger partial charge on any atom is -0.351 e. The number of primary amides is 1. The summed E-state index contributed by atoms with van der Waals surface area (Å²) in [4.78, 5) is 23.9. The van der Waals surface area contributed by atoms with Gasteiger partial charge in [0.25, 0.3) is 0 Å². The smallest absolute Gasteiger partial charge is 0.316 e. The molecule has 3 aromatic carbocycles. The third-order valence-electron chi connectivity index (χ3n) is 3.53. The first-order valence-electron chi connectivity index (χ1n) is 7.68. The number of fused-ring (bicyclic) bond motifs is 1. The number of nitrogens with two attached hydrogens (primary N) is 1. The summed E-state index contributed by atoms with van der Waals surface area (Å²) in [7, 11) is 0. The van der Waals surface area contributed by atoms with Gasteiger partial charge in [-0.05, 0) is 47.2 Å². The van der Waals surface area contributed by atoms with E-state index in [1.807, 2.05) is 18.2 Å². The van der Waals surface area contributed by atoms with Crippen LogP contribution in [0.25, 0.3) is 10.8 Å². The molecule has 25 heavy (non-hydrogen) atoms. The van der Waals surface area contributed by atoms with Gasteiger partial charge in [-0.2, -0.15) is 0 Å². The Morgan fingerprint density at radius 1 is 0.840 bits per heavy atom. The molecule has 0 heterocycles. The number of nitrogens with one attached hydrogen (secondary N) is 2. The molecule has 0 unspecified atom stereocenters. The maximum absolute atomic E-state index is 12.1. The highest BCUT2D eigenvalue weighted by molar-refractivity contribution is 8.00. The molecule has 0 fully saturated rings. The number of hydrogen-bond donors (Lipinski definition) is 3. The van der Waals surface area contributed by atoms with Gasteiger partial charge in [-0.1, -0.05) is 30.3 Å². The third-order valence-corrected chi connectivity index (χ3v) is 4.52. The summed E-state index contributed by atoms with van der Waals surface area (Å²) in [5, 5.41) is 7.63. The Bertz CT molecular complexity index is 910. The van der Waals surface area contributed by atoms with Crippen molar-refractivity contribution in [3.63, 3.8) is 0 Å². The Kier molecular flexibility index (Phi) is 5.20. The Hall–Kier alpha value is -2.99. The molecule has 0 atom stereocenters. The van der Waals surface area contributed by atoms with E-state index in [9.17, 15) is 9.59 Å². The first kappa shape index (κ1) is 16.9. The highest BCUT2D eigenvalue weighted by atomic mass is 32.2. The number of hydrogen-bond acceptors (Lipinski definition) is 3. The van der Waals surface area contributed by atoms with Crippen molar-refractivity contribution in [2.75, 3.05) is 16.4 Å². The van der Waals surface area contributed by atoms with Crippen molar-refractivity contribution in [1.29, 1.82) is 0 Å². The van der Waals surface area contributed by atoms with Crippen LogP contribution in [0.2, 0.25) is 0 Å². The van der Waals surface area contributed by atoms with E-state index in [4.69, 9.17) is 5.73 Å². The van der Waals surface area contributed by atoms with Gasteiger partial charge in [0.2, 0.25) is 5.91 Å². The molecule has 0 aliphatic rings. The van der Waals surface area contributed by atoms with Crippen molar-refractivity contribution < 1.29 is 9.59 Å². The lowest BCUT2D eigenvalue weighted by atomic mass is 10.1. The predicted molar refractivity (Wildman–Crippen MR) is 103 cm³/mol. The Morgan fingerprint density at radius 3 is 2.16 bits per heavy atom. The molecule has 0 aliphatic heterocycles. The van der Waals surface area contributed by atoms with E-state index in [1.54, 1.807) is 24.3 Å². The van der Waals surface area contributed by atoms with Gasteiger partial charge in [0.1, 0.15) is 0 Å². The number of benzene rings is 3. The Labute approximate surface area is 149 Å². The average molecular weight is 351 g/mol. The zero-order valence-electron chi connectivity index (χ0n) is 13.4. The van der Waals surface area contributed by atoms with Gasteiger partial charge in [-0.15, -0.1) is 11.8 Å². The first-order valence-corrected chi connectivity index (χ1v) is 8.67. The topological polar surface area (TPSA) is 84.2 Å². The van der Waals surface area contributed by atoms with Crippen LogP contribution in [0.4, 0.5) is 16.2 Å². The van der Waals surface area contributed by atoms with Crippen LogP contribution < -0.4 is 16.4 Å². The fraction of sp³-hybridized carbons (Fsp3) is 0.0526. The second kappa shape index (κ2) is 7.72. The average Bonchev–Trinajstić information content (AvgIpc) is 2.61. The molecule has 0 saturated carbocycles. The number of amides is 3. The summed E-state index contributed by atoms with van der Waals surface area (Å²) in [5.74, 6) is 0.230. The number of carbonyl (C=O) groups excluding carboxylic acids is 2. The number of anilines is 2. The lowest BCUT2D eigenvalue weighted by Crippen LogP contribution is -2.19. The lowest BCUT2D eigenvalue weighted by Gasteiger charge is -2.07. The third kappa shape index (κ3) is 4.74. The maximum Gasteiger partial charge on any atom is 0.316 e. The van der Waals surface area contributed by atoms with E-state index < -0.39 is 6.03 Å². The number of urea groups is 1. The Morgan fingerprint density at radius 2 is 1.48 bits per heavy atom. The fourth-order valence-corrected chi connectivity index (χ4v) is 3.13. The molecule has 3 aromatic rings. The molecular weight excluding hydrogens is 334 g/mol. The normalized spacial score (nSPS) is 10.4. The first-order chi connectivity index (χ1) is 12.1. The van der Waals surface area contributed by atoms with Crippen LogP contribution in [0.5, 0.6) is 0 Å². The van der Waals surface area contributed by atoms with Crippen LogP contribution in [0.1, 0.15) is 0 Å². The summed E-state index contributed by atoms with van der Waals surface area (Å²) < 4.78 is 0. The Balaban J connectivity index is 1.55. The largest absolute Gasteiger partial charge is 0.351 e. The van der Waals surface area contributed by atoms with Crippen LogP contribution in [0.15, 0.2) is 71.6 Å². The molecule has 5 nitrogen and oxygen atoms in total. The predicted octanol–water partition coefficient (Wildman–Crippen LogP) is 4.06. The van der Waals surface area contributed by atoms with E-state index >= 15 is 0 Å². The van der Waals surface area contributed by atoms with Gasteiger partial charge >= 0.3 is 6.03 Å². The molecule has 0 aromatic heterocycles. The molecule has 0 spiro atoms. The molecule has 3 rings (SSSR count). The van der Waals surface area contributed by atoms with E-state index in [0.717, 1.165) is 10.3 Å². The molecule has 3 amide bonds. The van der Waals surface area contributed by atoms with Crippen molar-refractivity contribution in [3.05, 3.63) is 66.7 Å². The van der Waals surface area contributed by atoms with Gasteiger partial charge in [0.15, 0.2) is 0 Å². The summed E-state index contributed by atoms with van der Waals surface area (Å²) in [6.45, 7) is 0. The van der Waals surface area contributed by atoms with Gasteiger partial charge in [0.05, 0.1) is 5.75 Å². The minimum absolute atomic E-state index is 0.0891. The quantitative estimate of drug-likeness (QED) is 0.606. The standard InChI is InChI=1S/C19H17N3O2S/c20-19(24)22-16-8-6-15(7-9-16)21-18(23)12-25-17-10-5-13-3-1-2-4-14(13)11-17/h1-11H,12H2,(H,21,23)(H3,20,22,24). The van der Waals surface area contributed by atoms with Gasteiger partial charge < -0.3 is 16.4 Å². The van der Waals surface area contributed by atoms with Crippen LogP contribution in [-0.4, -0.2) is 17.7 Å². The van der Waals surface area contributed by atoms with E-state index in [0.29, 0.717) is 17.1 Å². The number of carbonyl (C=O) groups is 2. The molecule has 0 aliphatic carbocycles. The van der Waals surface area contributed by atoms with Crippen LogP contribution in [0, 0.1) is 0 Å². The summed E-state index contributed by atoms with van der Waals surface area (Å²) in [6.07, 6.45) is 0. The van der Waals surface area contributed by atoms with Crippen molar-refractivity contribution in [2.24, 2.45) is 5.73 Å². The zero-order chi connectivity index (χ0) is 17.6. The summed E-state index contributed by atoms with van der Waals surface area (Å²) in [6, 6.07) is 20.4. The molecule has 6 heteroatoms. The highest BCUT2D eigenvalue weighted by Crippen LogP contribution is 2.24. The maximum atomic E-state index is 12.1. The van der Waals surface area contributed by atoms with E-state index in [1.165, 1.54) is 17.1 Å². The van der Waals surface area contributed by atoms with Crippen molar-refractivity contribution in [3.8, 4) is 0 Å². The van der Waals surface area contributed by atoms with Crippen LogP contribution >= 0.6 is 11.8 Å². The summed E-state index contributed by atoms with van der Waals surface area (Å²) in [5.41, 5.74) is 6.30. The molecule has 0 radical (unpaired) electrons. The fourth-order valence-electron chi connectivity index (χ4n) is 2.38. The van der Waals surface area contributed by atoms with Crippen LogP contribution in [-0.2, 0) is 4.79 Å². The lowest BCUT2D eigenvalue weighted by molar-refractivity contribution is -0.113. The molecule has 4 N–H and O–H groups in total. The van der Waals surface area contributed by atoms with Crippen LogP contribution in [0.3, 0.4) is 0 Å². The zero-order valence-corrected chi connectivity index (χ0v) is 14.2. The minimum atomic E-state index is -0.622. The van der Waals surface area contributed by atoms with Crippen molar-refractivity contribution >= 4 is 45.8 Å². The SMILES string of the molecule is NC(=O)Nc1ccc(NC(=O)CSc2ccc3ccccc3c2)cc1. The number of thioether (sulfide) groups is 1. The molecular formula is C19H17N3O2S. The van der Waals surface area contributed by atoms with Crippen molar-refractivity contribution in [1.82, 2.24) is 0 Å². The summed E-state index contributed by atoms with van der Waals surface area (Å²) >= 11 is 1.49.